The maximum absolute atomic E-state index is 13.0. The van der Waals surface area contributed by atoms with Gasteiger partial charge >= 0.3 is 0 Å². The molecule has 1 aliphatic heterocycles. The van der Waals surface area contributed by atoms with Crippen LogP contribution in [-0.2, 0) is 27.3 Å². The molecule has 0 radical (unpaired) electrons. The standard InChI is InChI=1S/C26H31N3O3S/c1-19-14-29(15-20(2)32-19)26(31)17-28-16-24(22-10-6-7-11-23(22)28)33-18-25(30)27-13-12-21-8-4-3-5-9-21/h3-11,16,19-20H,12-15,17-18H2,1-2H3,(H,27,30)/t19-,20+. The van der Waals surface area contributed by atoms with Gasteiger partial charge in [-0.2, -0.15) is 0 Å². The Morgan fingerprint density at radius 3 is 2.48 bits per heavy atom. The van der Waals surface area contributed by atoms with Gasteiger partial charge in [0.1, 0.15) is 6.54 Å². The van der Waals surface area contributed by atoms with Crippen LogP contribution in [0.25, 0.3) is 10.9 Å². The van der Waals surface area contributed by atoms with Crippen molar-refractivity contribution < 1.29 is 14.3 Å². The van der Waals surface area contributed by atoms with Crippen LogP contribution in [0.4, 0.5) is 0 Å². The van der Waals surface area contributed by atoms with E-state index in [1.165, 1.54) is 17.3 Å². The largest absolute Gasteiger partial charge is 0.372 e. The highest BCUT2D eigenvalue weighted by Gasteiger charge is 2.26. The number of para-hydroxylation sites is 1. The quantitative estimate of drug-likeness (QED) is 0.515. The van der Waals surface area contributed by atoms with E-state index in [1.807, 2.05) is 72.0 Å². The van der Waals surface area contributed by atoms with Crippen molar-refractivity contribution in [2.24, 2.45) is 0 Å². The van der Waals surface area contributed by atoms with Crippen LogP contribution in [0.2, 0.25) is 0 Å². The molecule has 2 aromatic carbocycles. The number of rotatable bonds is 8. The summed E-state index contributed by atoms with van der Waals surface area (Å²) in [7, 11) is 0. The number of benzene rings is 2. The summed E-state index contributed by atoms with van der Waals surface area (Å²) in [6.07, 6.45) is 2.91. The summed E-state index contributed by atoms with van der Waals surface area (Å²) in [5, 5.41) is 4.07. The van der Waals surface area contributed by atoms with Gasteiger partial charge in [0, 0.05) is 41.6 Å². The lowest BCUT2D eigenvalue weighted by atomic mass is 10.1. The van der Waals surface area contributed by atoms with Gasteiger partial charge in [0.05, 0.1) is 18.0 Å². The number of hydrogen-bond donors (Lipinski definition) is 1. The summed E-state index contributed by atoms with van der Waals surface area (Å²) in [5.41, 5.74) is 2.22. The van der Waals surface area contributed by atoms with E-state index in [0.717, 1.165) is 22.2 Å². The number of morpholine rings is 1. The van der Waals surface area contributed by atoms with Gasteiger partial charge in [-0.25, -0.2) is 0 Å². The minimum atomic E-state index is 0.0140. The predicted octanol–water partition coefficient (Wildman–Crippen LogP) is 3.73. The Balaban J connectivity index is 1.36. The van der Waals surface area contributed by atoms with Gasteiger partial charge < -0.3 is 19.5 Å². The normalized spacial score (nSPS) is 18.4. The molecular weight excluding hydrogens is 434 g/mol. The first-order valence-electron chi connectivity index (χ1n) is 11.4. The molecule has 1 aliphatic rings. The number of amides is 2. The first-order chi connectivity index (χ1) is 16.0. The van der Waals surface area contributed by atoms with Crippen LogP contribution in [0.15, 0.2) is 65.7 Å². The average molecular weight is 466 g/mol. The fourth-order valence-corrected chi connectivity index (χ4v) is 5.19. The molecule has 6 nitrogen and oxygen atoms in total. The van der Waals surface area contributed by atoms with E-state index < -0.39 is 0 Å². The highest BCUT2D eigenvalue weighted by atomic mass is 32.2. The lowest BCUT2D eigenvalue weighted by molar-refractivity contribution is -0.143. The fourth-order valence-electron chi connectivity index (χ4n) is 4.27. The highest BCUT2D eigenvalue weighted by Crippen LogP contribution is 2.30. The Kier molecular flexibility index (Phi) is 7.73. The van der Waals surface area contributed by atoms with Crippen molar-refractivity contribution in [2.45, 2.75) is 43.9 Å². The SMILES string of the molecule is C[C@@H]1CN(C(=O)Cn2cc(SCC(=O)NCCc3ccccc3)c3ccccc32)C[C@H](C)O1. The van der Waals surface area contributed by atoms with Crippen LogP contribution in [-0.4, -0.2) is 58.9 Å². The van der Waals surface area contributed by atoms with E-state index in [-0.39, 0.29) is 30.6 Å². The minimum Gasteiger partial charge on any atom is -0.372 e. The van der Waals surface area contributed by atoms with Gasteiger partial charge in [0.2, 0.25) is 11.8 Å². The molecule has 0 aliphatic carbocycles. The van der Waals surface area contributed by atoms with Gasteiger partial charge in [-0.05, 0) is 31.9 Å². The molecule has 2 atom stereocenters. The summed E-state index contributed by atoms with van der Waals surface area (Å²) in [6.45, 7) is 6.14. The van der Waals surface area contributed by atoms with Crippen LogP contribution in [0.1, 0.15) is 19.4 Å². The van der Waals surface area contributed by atoms with Crippen molar-refractivity contribution in [2.75, 3.05) is 25.4 Å². The van der Waals surface area contributed by atoms with E-state index in [1.54, 1.807) is 0 Å². The zero-order chi connectivity index (χ0) is 23.2. The number of nitrogens with one attached hydrogen (secondary N) is 1. The van der Waals surface area contributed by atoms with Crippen LogP contribution in [0, 0.1) is 0 Å². The molecule has 0 bridgehead atoms. The Bertz CT molecular complexity index is 1090. The van der Waals surface area contributed by atoms with Crippen molar-refractivity contribution in [1.29, 1.82) is 0 Å². The number of hydrogen-bond acceptors (Lipinski definition) is 4. The van der Waals surface area contributed by atoms with Crippen molar-refractivity contribution in [3.8, 4) is 0 Å². The van der Waals surface area contributed by atoms with Gasteiger partial charge in [-0.3, -0.25) is 9.59 Å². The van der Waals surface area contributed by atoms with Gasteiger partial charge in [0.25, 0.3) is 0 Å². The third-order valence-corrected chi connectivity index (χ3v) is 6.81. The smallest absolute Gasteiger partial charge is 0.242 e. The van der Waals surface area contributed by atoms with E-state index in [9.17, 15) is 9.59 Å². The summed E-state index contributed by atoms with van der Waals surface area (Å²) < 4.78 is 7.75. The number of thioether (sulfide) groups is 1. The maximum Gasteiger partial charge on any atom is 0.242 e. The molecule has 7 heteroatoms. The topological polar surface area (TPSA) is 63.6 Å². The molecule has 4 rings (SSSR count). The molecule has 174 valence electrons. The van der Waals surface area contributed by atoms with Crippen molar-refractivity contribution in [3.63, 3.8) is 0 Å². The number of carbonyl (C=O) groups is 2. The Morgan fingerprint density at radius 1 is 1.03 bits per heavy atom. The maximum atomic E-state index is 13.0. The van der Waals surface area contributed by atoms with Crippen molar-refractivity contribution in [3.05, 3.63) is 66.4 Å². The van der Waals surface area contributed by atoms with E-state index in [4.69, 9.17) is 4.74 Å². The lowest BCUT2D eigenvalue weighted by Crippen LogP contribution is -2.49. The summed E-state index contributed by atoms with van der Waals surface area (Å²) in [5.74, 6) is 0.447. The molecule has 2 amide bonds. The Hall–Kier alpha value is -2.77. The molecular formula is C26H31N3O3S. The van der Waals surface area contributed by atoms with Crippen LogP contribution in [0.5, 0.6) is 0 Å². The van der Waals surface area contributed by atoms with Gasteiger partial charge in [-0.15, -0.1) is 11.8 Å². The Labute approximate surface area is 199 Å². The van der Waals surface area contributed by atoms with Gasteiger partial charge in [0.15, 0.2) is 0 Å². The van der Waals surface area contributed by atoms with Crippen LogP contribution >= 0.6 is 11.8 Å². The zero-order valence-electron chi connectivity index (χ0n) is 19.2. The lowest BCUT2D eigenvalue weighted by Gasteiger charge is -2.35. The summed E-state index contributed by atoms with van der Waals surface area (Å²) >= 11 is 1.51. The molecule has 0 spiro atoms. The molecule has 1 saturated heterocycles. The van der Waals surface area contributed by atoms with E-state index in [2.05, 4.69) is 17.4 Å². The molecule has 3 aromatic rings. The molecule has 1 N–H and O–H groups in total. The number of fused-ring (bicyclic) bond motifs is 1. The Morgan fingerprint density at radius 2 is 1.73 bits per heavy atom. The van der Waals surface area contributed by atoms with Crippen molar-refractivity contribution in [1.82, 2.24) is 14.8 Å². The number of nitrogens with zero attached hydrogens (tertiary/aromatic N) is 2. The molecule has 33 heavy (non-hydrogen) atoms. The minimum absolute atomic E-state index is 0.0140. The molecule has 1 fully saturated rings. The second-order valence-electron chi connectivity index (χ2n) is 8.57. The second-order valence-corrected chi connectivity index (χ2v) is 9.59. The number of aromatic nitrogens is 1. The summed E-state index contributed by atoms with van der Waals surface area (Å²) in [4.78, 5) is 28.3. The second kappa shape index (κ2) is 10.9. The fraction of sp³-hybridized carbons (Fsp3) is 0.385. The average Bonchev–Trinajstić information content (AvgIpc) is 3.15. The first kappa shape index (κ1) is 23.4. The third kappa shape index (κ3) is 6.18. The monoisotopic (exact) mass is 465 g/mol. The van der Waals surface area contributed by atoms with Crippen molar-refractivity contribution >= 4 is 34.5 Å². The molecule has 2 heterocycles. The third-order valence-electron chi connectivity index (χ3n) is 5.77. The molecule has 1 aromatic heterocycles. The molecule has 0 unspecified atom stereocenters. The van der Waals surface area contributed by atoms with E-state index >= 15 is 0 Å². The summed E-state index contributed by atoms with van der Waals surface area (Å²) in [6, 6.07) is 18.2. The van der Waals surface area contributed by atoms with Crippen LogP contribution < -0.4 is 5.32 Å². The highest BCUT2D eigenvalue weighted by molar-refractivity contribution is 8.00. The number of carbonyl (C=O) groups excluding carboxylic acids is 2. The molecule has 0 saturated carbocycles. The first-order valence-corrected chi connectivity index (χ1v) is 12.4. The number of ether oxygens (including phenoxy) is 1. The predicted molar refractivity (Wildman–Crippen MR) is 132 cm³/mol. The van der Waals surface area contributed by atoms with E-state index in [0.29, 0.717) is 25.4 Å². The van der Waals surface area contributed by atoms with Crippen LogP contribution in [0.3, 0.4) is 0 Å². The zero-order valence-corrected chi connectivity index (χ0v) is 20.0. The van der Waals surface area contributed by atoms with Gasteiger partial charge in [-0.1, -0.05) is 48.5 Å².